The fraction of sp³-hybridized carbons (Fsp3) is 0. The standard InChI is InChI=1S/CH5N2O5P.H3N.H2O4S/c2-1(4)3-8-9(5,6)7;;1-5(2,3)4/h(H3,2,3,4)(H2,5,6,7);1H3;(H2,1,2,3,4). The maximum Gasteiger partial charge on any atom is 0.491 e. The number of hydrogen-bond donors (Lipinski definition) is 7. The molecule has 0 aliphatic carbocycles. The first-order valence-corrected chi connectivity index (χ1v) is 5.34. The maximum atomic E-state index is 9.74. The lowest BCUT2D eigenvalue weighted by atomic mass is 11.2. The third-order valence-corrected chi connectivity index (χ3v) is 0.594. The number of primary amides is 1. The first-order valence-electron chi connectivity index (χ1n) is 2.41. The zero-order valence-corrected chi connectivity index (χ0v) is 8.68. The molecule has 0 bridgehead atoms. The molecule has 0 heterocycles. The number of amides is 2. The summed E-state index contributed by atoms with van der Waals surface area (Å²) in [6, 6.07) is -1.17. The van der Waals surface area contributed by atoms with Crippen LogP contribution in [0, 0.1) is 0 Å². The molecular formula is CH10N3O9PS. The molecule has 0 saturated heterocycles. The van der Waals surface area contributed by atoms with Gasteiger partial charge in [-0.2, -0.15) is 13.0 Å². The lowest BCUT2D eigenvalue weighted by Crippen LogP contribution is -2.28. The molecule has 14 heteroatoms. The van der Waals surface area contributed by atoms with Crippen LogP contribution in [-0.2, 0) is 19.6 Å². The predicted octanol–water partition coefficient (Wildman–Crippen LogP) is -1.81. The third kappa shape index (κ3) is 61.2. The van der Waals surface area contributed by atoms with Gasteiger partial charge in [0.05, 0.1) is 0 Å². The largest absolute Gasteiger partial charge is 0.491 e. The number of carbonyl (C=O) groups excluding carboxylic acids is 1. The Morgan fingerprint density at radius 3 is 1.67 bits per heavy atom. The van der Waals surface area contributed by atoms with Gasteiger partial charge in [0.15, 0.2) is 0 Å². The van der Waals surface area contributed by atoms with E-state index < -0.39 is 24.3 Å². The van der Waals surface area contributed by atoms with E-state index in [4.69, 9.17) is 27.3 Å². The Balaban J connectivity index is -0.000000208. The number of nitrogens with two attached hydrogens (primary N) is 1. The summed E-state index contributed by atoms with van der Waals surface area (Å²) in [4.78, 5) is 25.5. The van der Waals surface area contributed by atoms with Crippen LogP contribution in [0.15, 0.2) is 0 Å². The van der Waals surface area contributed by atoms with Crippen molar-refractivity contribution in [3.05, 3.63) is 0 Å². The van der Waals surface area contributed by atoms with E-state index >= 15 is 0 Å². The van der Waals surface area contributed by atoms with E-state index in [0.717, 1.165) is 0 Å². The van der Waals surface area contributed by atoms with Crippen LogP contribution in [0.4, 0.5) is 4.79 Å². The highest BCUT2D eigenvalue weighted by Crippen LogP contribution is 2.33. The lowest BCUT2D eigenvalue weighted by Gasteiger charge is -2.01. The van der Waals surface area contributed by atoms with Crippen molar-refractivity contribution in [2.24, 2.45) is 5.73 Å². The van der Waals surface area contributed by atoms with E-state index in [1.807, 2.05) is 0 Å². The van der Waals surface area contributed by atoms with Crippen LogP contribution in [0.2, 0.25) is 0 Å². The predicted molar refractivity (Wildman–Crippen MR) is 45.0 cm³/mol. The summed E-state index contributed by atoms with van der Waals surface area (Å²) in [5, 5.41) is 0. The molecule has 0 aliphatic rings. The van der Waals surface area contributed by atoms with E-state index in [1.54, 1.807) is 0 Å². The Morgan fingerprint density at radius 1 is 1.33 bits per heavy atom. The summed E-state index contributed by atoms with van der Waals surface area (Å²) >= 11 is 0. The van der Waals surface area contributed by atoms with Crippen molar-refractivity contribution in [1.29, 1.82) is 0 Å². The molecule has 12 nitrogen and oxygen atoms in total. The maximum absolute atomic E-state index is 9.74. The van der Waals surface area contributed by atoms with Crippen molar-refractivity contribution in [1.82, 2.24) is 11.6 Å². The second-order valence-electron chi connectivity index (χ2n) is 1.50. The van der Waals surface area contributed by atoms with Crippen molar-refractivity contribution in [2.75, 3.05) is 0 Å². The minimum Gasteiger partial charge on any atom is -0.350 e. The van der Waals surface area contributed by atoms with Crippen LogP contribution in [0.5, 0.6) is 0 Å². The highest BCUT2D eigenvalue weighted by molar-refractivity contribution is 7.79. The molecule has 0 atom stereocenters. The summed E-state index contributed by atoms with van der Waals surface area (Å²) < 4.78 is 44.8. The third-order valence-electron chi connectivity index (χ3n) is 0.265. The van der Waals surface area contributed by atoms with E-state index in [0.29, 0.717) is 0 Å². The number of nitrogens with one attached hydrogen (secondary N) is 1. The van der Waals surface area contributed by atoms with Crippen molar-refractivity contribution in [3.8, 4) is 0 Å². The van der Waals surface area contributed by atoms with Crippen LogP contribution in [0.1, 0.15) is 0 Å². The lowest BCUT2D eigenvalue weighted by molar-refractivity contribution is 0.135. The van der Waals surface area contributed by atoms with E-state index in [-0.39, 0.29) is 6.15 Å². The first kappa shape index (κ1) is 19.7. The SMILES string of the molecule is N.NC(=O)NOP(=O)(O)O.O=S(=O)(O)O. The van der Waals surface area contributed by atoms with Crippen LogP contribution in [0.3, 0.4) is 0 Å². The smallest absolute Gasteiger partial charge is 0.350 e. The zero-order chi connectivity index (χ0) is 12.0. The van der Waals surface area contributed by atoms with E-state index in [1.165, 1.54) is 5.48 Å². The second kappa shape index (κ2) is 7.49. The van der Waals surface area contributed by atoms with Crippen molar-refractivity contribution < 1.29 is 41.3 Å². The Labute approximate surface area is 83.8 Å². The van der Waals surface area contributed by atoms with Gasteiger partial charge in [-0.15, -0.1) is 0 Å². The Hall–Kier alpha value is -0.790. The van der Waals surface area contributed by atoms with Gasteiger partial charge in [0.2, 0.25) is 0 Å². The minimum absolute atomic E-state index is 0. The van der Waals surface area contributed by atoms with Gasteiger partial charge in [-0.1, -0.05) is 0 Å². The summed E-state index contributed by atoms with van der Waals surface area (Å²) in [5.41, 5.74) is 5.64. The number of carbonyl (C=O) groups is 1. The van der Waals surface area contributed by atoms with Gasteiger partial charge in [0.1, 0.15) is 0 Å². The molecule has 0 aromatic heterocycles. The first-order chi connectivity index (χ1) is 5.92. The summed E-state index contributed by atoms with van der Waals surface area (Å²) in [6.07, 6.45) is 0. The number of hydrogen-bond acceptors (Lipinski definition) is 6. The number of rotatable bonds is 2. The average molecular weight is 271 g/mol. The fourth-order valence-corrected chi connectivity index (χ4v) is 0.313. The molecule has 0 unspecified atom stereocenters. The molecule has 0 spiro atoms. The average Bonchev–Trinajstić information content (AvgIpc) is 1.77. The van der Waals surface area contributed by atoms with Gasteiger partial charge in [-0.05, 0) is 0 Å². The molecular weight excluding hydrogens is 261 g/mol. The van der Waals surface area contributed by atoms with Gasteiger partial charge < -0.3 is 21.7 Å². The molecule has 2 amide bonds. The topological polar surface area (TPSA) is 231 Å². The molecule has 0 aliphatic heterocycles. The van der Waals surface area contributed by atoms with Crippen molar-refractivity contribution >= 4 is 24.3 Å². The monoisotopic (exact) mass is 271 g/mol. The summed E-state index contributed by atoms with van der Waals surface area (Å²) in [7, 11) is -9.30. The highest BCUT2D eigenvalue weighted by Gasteiger charge is 2.14. The van der Waals surface area contributed by atoms with Crippen molar-refractivity contribution in [3.63, 3.8) is 0 Å². The Morgan fingerprint density at radius 2 is 1.60 bits per heavy atom. The van der Waals surface area contributed by atoms with Crippen molar-refractivity contribution in [2.45, 2.75) is 0 Å². The van der Waals surface area contributed by atoms with Gasteiger partial charge in [-0.3, -0.25) is 9.11 Å². The fourth-order valence-electron chi connectivity index (χ4n) is 0.104. The molecule has 0 saturated carbocycles. The van der Waals surface area contributed by atoms with E-state index in [9.17, 15) is 9.36 Å². The zero-order valence-electron chi connectivity index (χ0n) is 6.97. The molecule has 94 valence electrons. The van der Waals surface area contributed by atoms with Gasteiger partial charge in [0.25, 0.3) is 0 Å². The summed E-state index contributed by atoms with van der Waals surface area (Å²) in [5.74, 6) is 0. The number of hydroxylamine groups is 1. The minimum atomic E-state index is -4.67. The quantitative estimate of drug-likeness (QED) is 0.169. The van der Waals surface area contributed by atoms with Gasteiger partial charge in [0, 0.05) is 0 Å². The normalized spacial score (nSPS) is 10.4. The van der Waals surface area contributed by atoms with Gasteiger partial charge >= 0.3 is 24.3 Å². The van der Waals surface area contributed by atoms with Crippen LogP contribution in [-0.4, -0.2) is 33.3 Å². The number of urea groups is 1. The molecule has 0 rings (SSSR count). The second-order valence-corrected chi connectivity index (χ2v) is 3.56. The molecule has 0 radical (unpaired) electrons. The Bertz CT molecular complexity index is 308. The molecule has 15 heavy (non-hydrogen) atoms. The van der Waals surface area contributed by atoms with Gasteiger partial charge in [-0.25, -0.2) is 14.8 Å². The van der Waals surface area contributed by atoms with Crippen LogP contribution in [0.25, 0.3) is 0 Å². The molecule has 0 aromatic rings. The molecule has 0 aromatic carbocycles. The summed E-state index contributed by atoms with van der Waals surface area (Å²) in [6.45, 7) is 0. The highest BCUT2D eigenvalue weighted by atomic mass is 32.3. The van der Waals surface area contributed by atoms with Crippen LogP contribution < -0.4 is 17.4 Å². The van der Waals surface area contributed by atoms with E-state index in [2.05, 4.69) is 10.4 Å². The number of phosphoric acid groups is 1. The molecule has 10 N–H and O–H groups in total. The van der Waals surface area contributed by atoms with Crippen LogP contribution >= 0.6 is 7.82 Å². The molecule has 0 fully saturated rings. The Kier molecular flexibility index (Phi) is 9.86.